The molecule has 2 aromatic heterocycles. The number of rotatable bonds is 0. The summed E-state index contributed by atoms with van der Waals surface area (Å²) in [4.78, 5) is 6.09. The first-order valence-corrected chi connectivity index (χ1v) is 3.09. The molecule has 11 heavy (non-hydrogen) atoms. The fourth-order valence-corrected chi connectivity index (χ4v) is 1.02. The van der Waals surface area contributed by atoms with Crippen molar-refractivity contribution >= 4 is 10.9 Å². The number of halogens is 1. The van der Waals surface area contributed by atoms with Gasteiger partial charge in [-0.05, 0) is 6.07 Å². The van der Waals surface area contributed by atoms with E-state index in [-0.39, 0.29) is 11.1 Å². The minimum absolute atomic E-state index is 0.106. The summed E-state index contributed by atoms with van der Waals surface area (Å²) in [6.07, 6.45) is 2.67. The predicted octanol–water partition coefficient (Wildman–Crippen LogP) is 1.41. The molecule has 0 radical (unpaired) electrons. The lowest BCUT2D eigenvalue weighted by molar-refractivity contribution is 0.477. The lowest BCUT2D eigenvalue weighted by atomic mass is 10.3. The van der Waals surface area contributed by atoms with Crippen molar-refractivity contribution in [1.82, 2.24) is 9.97 Å². The molecule has 56 valence electrons. The second kappa shape index (κ2) is 1.95. The average molecular weight is 152 g/mol. The molecule has 3 nitrogen and oxygen atoms in total. The maximum atomic E-state index is 12.8. The number of pyridine rings is 1. The van der Waals surface area contributed by atoms with Crippen LogP contribution >= 0.6 is 0 Å². The summed E-state index contributed by atoms with van der Waals surface area (Å²) >= 11 is 0. The van der Waals surface area contributed by atoms with Crippen LogP contribution in [-0.2, 0) is 0 Å². The molecule has 0 fully saturated rings. The van der Waals surface area contributed by atoms with Crippen molar-refractivity contribution in [2.45, 2.75) is 0 Å². The Morgan fingerprint density at radius 2 is 2.36 bits per heavy atom. The fraction of sp³-hybridized carbons (Fsp3) is 0. The van der Waals surface area contributed by atoms with Crippen LogP contribution in [0.2, 0.25) is 0 Å². The summed E-state index contributed by atoms with van der Waals surface area (Å²) in [7, 11) is 0. The lowest BCUT2D eigenvalue weighted by Crippen LogP contribution is -1.80. The van der Waals surface area contributed by atoms with E-state index < -0.39 is 5.95 Å². The van der Waals surface area contributed by atoms with Crippen LogP contribution in [0.3, 0.4) is 0 Å². The van der Waals surface area contributed by atoms with Crippen LogP contribution in [0.5, 0.6) is 5.75 Å². The van der Waals surface area contributed by atoms with Crippen molar-refractivity contribution in [3.05, 3.63) is 24.4 Å². The van der Waals surface area contributed by atoms with Gasteiger partial charge in [-0.1, -0.05) is 0 Å². The van der Waals surface area contributed by atoms with Gasteiger partial charge in [-0.3, -0.25) is 0 Å². The SMILES string of the molecule is Oc1c[nH]c2ccnc(F)c12. The highest BCUT2D eigenvalue weighted by molar-refractivity contribution is 5.85. The van der Waals surface area contributed by atoms with E-state index in [0.29, 0.717) is 5.52 Å². The monoisotopic (exact) mass is 152 g/mol. The predicted molar refractivity (Wildman–Crippen MR) is 37.7 cm³/mol. The number of hydrogen-bond donors (Lipinski definition) is 2. The molecule has 0 aliphatic heterocycles. The van der Waals surface area contributed by atoms with Crippen LogP contribution in [-0.4, -0.2) is 15.1 Å². The molecule has 0 aromatic carbocycles. The van der Waals surface area contributed by atoms with Gasteiger partial charge in [-0.2, -0.15) is 4.39 Å². The highest BCUT2D eigenvalue weighted by Crippen LogP contribution is 2.24. The van der Waals surface area contributed by atoms with Crippen molar-refractivity contribution in [3.8, 4) is 5.75 Å². The molecule has 2 rings (SSSR count). The molecule has 2 aromatic rings. The molecule has 0 spiro atoms. The highest BCUT2D eigenvalue weighted by Gasteiger charge is 2.06. The van der Waals surface area contributed by atoms with Gasteiger partial charge in [0, 0.05) is 12.4 Å². The Balaban J connectivity index is 2.96. The van der Waals surface area contributed by atoms with Crippen LogP contribution in [0.15, 0.2) is 18.5 Å². The Hall–Kier alpha value is -1.58. The first-order chi connectivity index (χ1) is 5.29. The molecule has 0 aliphatic carbocycles. The molecule has 0 atom stereocenters. The molecule has 0 saturated heterocycles. The van der Waals surface area contributed by atoms with Crippen molar-refractivity contribution in [2.75, 3.05) is 0 Å². The van der Waals surface area contributed by atoms with E-state index in [1.54, 1.807) is 6.07 Å². The summed E-state index contributed by atoms with van der Waals surface area (Å²) in [6.45, 7) is 0. The van der Waals surface area contributed by atoms with Gasteiger partial charge in [0.15, 0.2) is 0 Å². The number of H-pyrrole nitrogens is 1. The van der Waals surface area contributed by atoms with E-state index in [2.05, 4.69) is 9.97 Å². The van der Waals surface area contributed by atoms with E-state index in [9.17, 15) is 4.39 Å². The van der Waals surface area contributed by atoms with Crippen LogP contribution < -0.4 is 0 Å². The van der Waals surface area contributed by atoms with E-state index >= 15 is 0 Å². The number of nitrogens with one attached hydrogen (secondary N) is 1. The molecule has 2 N–H and O–H groups in total. The van der Waals surface area contributed by atoms with Crippen LogP contribution in [0.25, 0.3) is 10.9 Å². The molecule has 4 heteroatoms. The van der Waals surface area contributed by atoms with Gasteiger partial charge < -0.3 is 10.1 Å². The Kier molecular flexibility index (Phi) is 1.09. The fourth-order valence-electron chi connectivity index (χ4n) is 1.02. The summed E-state index contributed by atoms with van der Waals surface area (Å²) in [6, 6.07) is 1.60. The Morgan fingerprint density at radius 3 is 3.09 bits per heavy atom. The Morgan fingerprint density at radius 1 is 1.55 bits per heavy atom. The molecular formula is C7H5FN2O. The first kappa shape index (κ1) is 6.15. The molecule has 2 heterocycles. The van der Waals surface area contributed by atoms with Gasteiger partial charge in [0.2, 0.25) is 5.95 Å². The van der Waals surface area contributed by atoms with Gasteiger partial charge in [0.05, 0.1) is 10.9 Å². The molecule has 0 saturated carbocycles. The topological polar surface area (TPSA) is 48.9 Å². The third-order valence-electron chi connectivity index (χ3n) is 1.53. The smallest absolute Gasteiger partial charge is 0.226 e. The van der Waals surface area contributed by atoms with Gasteiger partial charge in [-0.25, -0.2) is 4.98 Å². The third kappa shape index (κ3) is 0.756. The molecule has 0 amide bonds. The van der Waals surface area contributed by atoms with E-state index in [1.807, 2.05) is 0 Å². The molecule has 0 aliphatic rings. The second-order valence-corrected chi connectivity index (χ2v) is 2.20. The van der Waals surface area contributed by atoms with Crippen molar-refractivity contribution in [3.63, 3.8) is 0 Å². The van der Waals surface area contributed by atoms with Crippen LogP contribution in [0.1, 0.15) is 0 Å². The number of aromatic amines is 1. The second-order valence-electron chi connectivity index (χ2n) is 2.20. The number of hydrogen-bond acceptors (Lipinski definition) is 2. The first-order valence-electron chi connectivity index (χ1n) is 3.09. The molecular weight excluding hydrogens is 147 g/mol. The number of nitrogens with zero attached hydrogens (tertiary/aromatic N) is 1. The quantitative estimate of drug-likeness (QED) is 0.560. The van der Waals surface area contributed by atoms with Crippen molar-refractivity contribution in [1.29, 1.82) is 0 Å². The maximum absolute atomic E-state index is 12.8. The zero-order valence-electron chi connectivity index (χ0n) is 5.50. The van der Waals surface area contributed by atoms with Gasteiger partial charge >= 0.3 is 0 Å². The lowest BCUT2D eigenvalue weighted by Gasteiger charge is -1.89. The van der Waals surface area contributed by atoms with E-state index in [1.165, 1.54) is 12.4 Å². The van der Waals surface area contributed by atoms with Gasteiger partial charge in [0.1, 0.15) is 5.75 Å². The summed E-state index contributed by atoms with van der Waals surface area (Å²) in [5.74, 6) is -0.758. The molecule has 0 bridgehead atoms. The van der Waals surface area contributed by atoms with Crippen molar-refractivity contribution in [2.24, 2.45) is 0 Å². The normalized spacial score (nSPS) is 10.6. The molecule has 0 unspecified atom stereocenters. The maximum Gasteiger partial charge on any atom is 0.226 e. The minimum Gasteiger partial charge on any atom is -0.506 e. The largest absolute Gasteiger partial charge is 0.506 e. The summed E-state index contributed by atoms with van der Waals surface area (Å²) in [5.41, 5.74) is 0.551. The number of aromatic nitrogens is 2. The van der Waals surface area contributed by atoms with Crippen molar-refractivity contribution < 1.29 is 9.50 Å². The van der Waals surface area contributed by atoms with Gasteiger partial charge in [-0.15, -0.1) is 0 Å². The van der Waals surface area contributed by atoms with Crippen LogP contribution in [0, 0.1) is 5.95 Å². The third-order valence-corrected chi connectivity index (χ3v) is 1.53. The Labute approximate surface area is 61.5 Å². The minimum atomic E-state index is -0.652. The average Bonchev–Trinajstić information content (AvgIpc) is 2.34. The highest BCUT2D eigenvalue weighted by atomic mass is 19.1. The van der Waals surface area contributed by atoms with E-state index in [4.69, 9.17) is 5.11 Å². The zero-order valence-corrected chi connectivity index (χ0v) is 5.50. The Bertz CT molecular complexity index is 396. The standard InChI is InChI=1S/C7H5FN2O/c8-7-6-4(1-2-9-7)10-3-5(6)11/h1-3,10-11H. The summed E-state index contributed by atoms with van der Waals surface area (Å²) in [5, 5.41) is 9.23. The number of aromatic hydroxyl groups is 1. The number of fused-ring (bicyclic) bond motifs is 1. The van der Waals surface area contributed by atoms with Crippen LogP contribution in [0.4, 0.5) is 4.39 Å². The van der Waals surface area contributed by atoms with Gasteiger partial charge in [0.25, 0.3) is 0 Å². The zero-order chi connectivity index (χ0) is 7.84. The summed E-state index contributed by atoms with van der Waals surface area (Å²) < 4.78 is 12.8. The van der Waals surface area contributed by atoms with E-state index in [0.717, 1.165) is 0 Å².